The van der Waals surface area contributed by atoms with Crippen molar-refractivity contribution in [3.8, 4) is 22.9 Å². The summed E-state index contributed by atoms with van der Waals surface area (Å²) < 4.78 is 10.8. The molecule has 1 aromatic heterocycles. The molecular weight excluding hydrogens is 306 g/mol. The lowest BCUT2D eigenvalue weighted by Gasteiger charge is -2.05. The van der Waals surface area contributed by atoms with Crippen molar-refractivity contribution >= 4 is 29.1 Å². The van der Waals surface area contributed by atoms with Crippen LogP contribution in [0.3, 0.4) is 0 Å². The summed E-state index contributed by atoms with van der Waals surface area (Å²) in [6.45, 7) is 0. The molecule has 6 heteroatoms. The van der Waals surface area contributed by atoms with Gasteiger partial charge in [0.25, 0.3) is 0 Å². The molecule has 0 saturated carbocycles. The van der Waals surface area contributed by atoms with Crippen LogP contribution in [-0.4, -0.2) is 26.4 Å². The van der Waals surface area contributed by atoms with Crippen molar-refractivity contribution in [2.75, 3.05) is 20.5 Å². The first-order valence-electron chi connectivity index (χ1n) is 5.99. The van der Waals surface area contributed by atoms with Gasteiger partial charge in [-0.15, -0.1) is 23.1 Å². The van der Waals surface area contributed by atoms with E-state index in [4.69, 9.17) is 9.47 Å². The Kier molecular flexibility index (Phi) is 4.89. The Labute approximate surface area is 131 Å². The number of carbonyl (C=O) groups excluding carboxylic acids is 1. The predicted molar refractivity (Wildman–Crippen MR) is 84.1 cm³/mol. The third-order valence-corrected chi connectivity index (χ3v) is 5.21. The fourth-order valence-electron chi connectivity index (χ4n) is 1.93. The Balaban J connectivity index is 2.66. The van der Waals surface area contributed by atoms with Gasteiger partial charge in [0.15, 0.2) is 0 Å². The normalized spacial score (nSPS) is 10.0. The van der Waals surface area contributed by atoms with E-state index in [-0.39, 0.29) is 0 Å². The molecule has 0 atom stereocenters. The maximum atomic E-state index is 12.0. The SMILES string of the molecule is COC(=O)c1sc(SC)c(C#N)c1-c1ccc(OC)cc1. The van der Waals surface area contributed by atoms with Gasteiger partial charge < -0.3 is 9.47 Å². The monoisotopic (exact) mass is 319 g/mol. The summed E-state index contributed by atoms with van der Waals surface area (Å²) in [5.74, 6) is 0.291. The zero-order chi connectivity index (χ0) is 15.4. The van der Waals surface area contributed by atoms with Crippen LogP contribution < -0.4 is 4.74 Å². The highest BCUT2D eigenvalue weighted by molar-refractivity contribution is 8.00. The molecule has 2 aromatic rings. The molecule has 0 unspecified atom stereocenters. The molecule has 21 heavy (non-hydrogen) atoms. The lowest BCUT2D eigenvalue weighted by atomic mass is 10.0. The van der Waals surface area contributed by atoms with E-state index in [1.807, 2.05) is 18.4 Å². The van der Waals surface area contributed by atoms with E-state index in [9.17, 15) is 10.1 Å². The van der Waals surface area contributed by atoms with Gasteiger partial charge in [-0.25, -0.2) is 4.79 Å². The fourth-order valence-corrected chi connectivity index (χ4v) is 3.78. The van der Waals surface area contributed by atoms with Crippen molar-refractivity contribution in [3.63, 3.8) is 0 Å². The van der Waals surface area contributed by atoms with Crippen molar-refractivity contribution in [2.45, 2.75) is 4.21 Å². The molecule has 0 saturated heterocycles. The molecule has 1 aromatic carbocycles. The van der Waals surface area contributed by atoms with Crippen molar-refractivity contribution in [1.29, 1.82) is 5.26 Å². The number of hydrogen-bond acceptors (Lipinski definition) is 6. The fraction of sp³-hybridized carbons (Fsp3) is 0.200. The minimum absolute atomic E-state index is 0.428. The third-order valence-electron chi connectivity index (χ3n) is 2.92. The second kappa shape index (κ2) is 6.66. The molecule has 0 bridgehead atoms. The highest BCUT2D eigenvalue weighted by atomic mass is 32.2. The van der Waals surface area contributed by atoms with E-state index < -0.39 is 5.97 Å². The summed E-state index contributed by atoms with van der Waals surface area (Å²) >= 11 is 2.73. The Hall–Kier alpha value is -1.97. The summed E-state index contributed by atoms with van der Waals surface area (Å²) in [5, 5.41) is 9.43. The zero-order valence-corrected chi connectivity index (χ0v) is 13.4. The van der Waals surface area contributed by atoms with E-state index >= 15 is 0 Å². The largest absolute Gasteiger partial charge is 0.497 e. The van der Waals surface area contributed by atoms with E-state index in [1.165, 1.54) is 30.2 Å². The van der Waals surface area contributed by atoms with Crippen LogP contribution in [0, 0.1) is 11.3 Å². The van der Waals surface area contributed by atoms with Crippen LogP contribution in [0.25, 0.3) is 11.1 Å². The molecule has 0 aliphatic heterocycles. The minimum atomic E-state index is -0.428. The highest BCUT2D eigenvalue weighted by Crippen LogP contribution is 2.41. The van der Waals surface area contributed by atoms with Crippen LogP contribution in [-0.2, 0) is 4.74 Å². The number of methoxy groups -OCH3 is 2. The van der Waals surface area contributed by atoms with Gasteiger partial charge in [0, 0.05) is 5.56 Å². The molecule has 108 valence electrons. The predicted octanol–water partition coefficient (Wildman–Crippen LogP) is 3.80. The summed E-state index contributed by atoms with van der Waals surface area (Å²) in [7, 11) is 2.93. The third kappa shape index (κ3) is 2.89. The van der Waals surface area contributed by atoms with Crippen LogP contribution in [0.15, 0.2) is 28.5 Å². The van der Waals surface area contributed by atoms with Crippen LogP contribution >= 0.6 is 23.1 Å². The second-order valence-electron chi connectivity index (χ2n) is 4.00. The highest BCUT2D eigenvalue weighted by Gasteiger charge is 2.24. The van der Waals surface area contributed by atoms with Gasteiger partial charge >= 0.3 is 5.97 Å². The average molecular weight is 319 g/mol. The number of esters is 1. The first kappa shape index (κ1) is 15.4. The van der Waals surface area contributed by atoms with Gasteiger partial charge in [-0.3, -0.25) is 0 Å². The quantitative estimate of drug-likeness (QED) is 0.633. The number of nitriles is 1. The molecular formula is C15H13NO3S2. The number of carbonyl (C=O) groups is 1. The van der Waals surface area contributed by atoms with Crippen LogP contribution in [0.5, 0.6) is 5.75 Å². The van der Waals surface area contributed by atoms with E-state index in [1.54, 1.807) is 19.2 Å². The van der Waals surface area contributed by atoms with Gasteiger partial charge in [-0.1, -0.05) is 12.1 Å². The first-order chi connectivity index (χ1) is 10.2. The Morgan fingerprint density at radius 3 is 2.43 bits per heavy atom. The summed E-state index contributed by atoms with van der Waals surface area (Å²) in [4.78, 5) is 12.4. The Bertz CT molecular complexity index is 699. The van der Waals surface area contributed by atoms with Gasteiger partial charge in [0.2, 0.25) is 0 Å². The summed E-state index contributed by atoms with van der Waals surface area (Å²) in [6, 6.07) is 9.45. The molecule has 1 heterocycles. The standard InChI is InChI=1S/C15H13NO3S2/c1-18-10-6-4-9(5-7-10)12-11(8-16)15(20-3)21-13(12)14(17)19-2/h4-7H,1-3H3. The number of ether oxygens (including phenoxy) is 2. The molecule has 0 amide bonds. The lowest BCUT2D eigenvalue weighted by Crippen LogP contribution is -2.00. The van der Waals surface area contributed by atoms with Crippen molar-refractivity contribution in [2.24, 2.45) is 0 Å². The smallest absolute Gasteiger partial charge is 0.348 e. The lowest BCUT2D eigenvalue weighted by molar-refractivity contribution is 0.0607. The van der Waals surface area contributed by atoms with Gasteiger partial charge in [-0.2, -0.15) is 5.26 Å². The molecule has 0 aliphatic carbocycles. The van der Waals surface area contributed by atoms with Gasteiger partial charge in [-0.05, 0) is 24.0 Å². The Morgan fingerprint density at radius 2 is 1.95 bits per heavy atom. The molecule has 0 spiro atoms. The topological polar surface area (TPSA) is 59.3 Å². The van der Waals surface area contributed by atoms with Crippen LogP contribution in [0.1, 0.15) is 15.2 Å². The van der Waals surface area contributed by atoms with Crippen LogP contribution in [0.4, 0.5) is 0 Å². The molecule has 0 aliphatic rings. The number of nitrogens with zero attached hydrogens (tertiary/aromatic N) is 1. The molecule has 0 radical (unpaired) electrons. The number of benzene rings is 1. The summed E-state index contributed by atoms with van der Waals surface area (Å²) in [5.41, 5.74) is 1.93. The van der Waals surface area contributed by atoms with Crippen molar-refractivity contribution in [1.82, 2.24) is 0 Å². The van der Waals surface area contributed by atoms with E-state index in [0.717, 1.165) is 15.5 Å². The van der Waals surface area contributed by atoms with Gasteiger partial charge in [0.05, 0.1) is 24.0 Å². The maximum absolute atomic E-state index is 12.0. The second-order valence-corrected chi connectivity index (χ2v) is 6.10. The van der Waals surface area contributed by atoms with Crippen LogP contribution in [0.2, 0.25) is 0 Å². The van der Waals surface area contributed by atoms with Crippen molar-refractivity contribution in [3.05, 3.63) is 34.7 Å². The first-order valence-corrected chi connectivity index (χ1v) is 8.04. The minimum Gasteiger partial charge on any atom is -0.497 e. The van der Waals surface area contributed by atoms with E-state index in [2.05, 4.69) is 6.07 Å². The average Bonchev–Trinajstić information content (AvgIpc) is 2.92. The summed E-state index contributed by atoms with van der Waals surface area (Å²) in [6.07, 6.45) is 1.88. The number of hydrogen-bond donors (Lipinski definition) is 0. The molecule has 4 nitrogen and oxygen atoms in total. The van der Waals surface area contributed by atoms with E-state index in [0.29, 0.717) is 16.0 Å². The number of thiophene rings is 1. The number of thioether (sulfide) groups is 1. The Morgan fingerprint density at radius 1 is 1.29 bits per heavy atom. The zero-order valence-electron chi connectivity index (χ0n) is 11.8. The molecule has 0 fully saturated rings. The van der Waals surface area contributed by atoms with Crippen molar-refractivity contribution < 1.29 is 14.3 Å². The van der Waals surface area contributed by atoms with Gasteiger partial charge in [0.1, 0.15) is 16.7 Å². The molecule has 0 N–H and O–H groups in total. The number of rotatable bonds is 4. The maximum Gasteiger partial charge on any atom is 0.348 e. The molecule has 2 rings (SSSR count).